The number of ether oxygens (including phenoxy) is 1. The van der Waals surface area contributed by atoms with Crippen LogP contribution in [0.2, 0.25) is 0 Å². The maximum atomic E-state index is 12.5. The van der Waals surface area contributed by atoms with Crippen LogP contribution in [-0.2, 0) is 13.1 Å². The lowest BCUT2D eigenvalue weighted by molar-refractivity contribution is -0.154. The number of pyridine rings is 1. The predicted octanol–water partition coefficient (Wildman–Crippen LogP) is 3.79. The number of halogens is 3. The van der Waals surface area contributed by atoms with E-state index in [1.165, 1.54) is 18.3 Å². The topological polar surface area (TPSA) is 54.5 Å². The van der Waals surface area contributed by atoms with Crippen LogP contribution in [0, 0.1) is 0 Å². The van der Waals surface area contributed by atoms with Gasteiger partial charge in [-0.25, -0.2) is 4.98 Å². The van der Waals surface area contributed by atoms with Crippen molar-refractivity contribution in [2.45, 2.75) is 39.2 Å². The highest BCUT2D eigenvalue weighted by molar-refractivity contribution is 5.96. The number of amides is 1. The van der Waals surface area contributed by atoms with E-state index in [0.29, 0.717) is 6.04 Å². The molecule has 0 fully saturated rings. The number of hydrogen-bond donors (Lipinski definition) is 1. The Labute approximate surface area is 162 Å². The molecule has 0 aliphatic carbocycles. The third kappa shape index (κ3) is 6.53. The summed E-state index contributed by atoms with van der Waals surface area (Å²) in [6, 6.07) is 10.9. The number of benzene rings is 1. The van der Waals surface area contributed by atoms with Crippen LogP contribution in [0.4, 0.5) is 13.2 Å². The fraction of sp³-hybridized carbons (Fsp3) is 0.400. The van der Waals surface area contributed by atoms with Crippen molar-refractivity contribution < 1.29 is 22.7 Å². The molecule has 1 aromatic heterocycles. The van der Waals surface area contributed by atoms with Crippen molar-refractivity contribution in [1.29, 1.82) is 0 Å². The van der Waals surface area contributed by atoms with Crippen LogP contribution >= 0.6 is 0 Å². The number of hydrogen-bond acceptors (Lipinski definition) is 4. The minimum Gasteiger partial charge on any atom is -0.467 e. The van der Waals surface area contributed by atoms with Crippen molar-refractivity contribution in [1.82, 2.24) is 15.2 Å². The fourth-order valence-electron chi connectivity index (χ4n) is 2.44. The molecule has 1 N–H and O–H groups in total. The van der Waals surface area contributed by atoms with Gasteiger partial charge in [-0.2, -0.15) is 13.2 Å². The summed E-state index contributed by atoms with van der Waals surface area (Å²) in [5.41, 5.74) is 1.97. The van der Waals surface area contributed by atoms with Gasteiger partial charge in [0.1, 0.15) is 5.56 Å². The van der Waals surface area contributed by atoms with E-state index in [0.717, 1.165) is 17.7 Å². The van der Waals surface area contributed by atoms with E-state index in [2.05, 4.69) is 33.8 Å². The van der Waals surface area contributed by atoms with Crippen molar-refractivity contribution in [2.24, 2.45) is 0 Å². The lowest BCUT2D eigenvalue weighted by atomic mass is 10.1. The lowest BCUT2D eigenvalue weighted by Crippen LogP contribution is -2.28. The zero-order valence-corrected chi connectivity index (χ0v) is 16.1. The second-order valence-electron chi connectivity index (χ2n) is 6.72. The minimum atomic E-state index is -4.51. The van der Waals surface area contributed by atoms with Gasteiger partial charge in [0, 0.05) is 25.3 Å². The van der Waals surface area contributed by atoms with Crippen LogP contribution in [0.15, 0.2) is 42.6 Å². The molecular weight excluding hydrogens is 371 g/mol. The largest absolute Gasteiger partial charge is 0.467 e. The third-order valence-corrected chi connectivity index (χ3v) is 4.25. The molecule has 1 aromatic carbocycles. The van der Waals surface area contributed by atoms with Crippen LogP contribution in [0.1, 0.15) is 35.3 Å². The number of alkyl halides is 3. The normalized spacial score (nSPS) is 11.7. The first-order chi connectivity index (χ1) is 13.2. The second kappa shape index (κ2) is 9.54. The van der Waals surface area contributed by atoms with Gasteiger partial charge in [0.05, 0.1) is 0 Å². The van der Waals surface area contributed by atoms with Gasteiger partial charge < -0.3 is 10.1 Å². The van der Waals surface area contributed by atoms with Crippen molar-refractivity contribution in [2.75, 3.05) is 13.7 Å². The highest BCUT2D eigenvalue weighted by atomic mass is 19.4. The Morgan fingerprint density at radius 2 is 1.86 bits per heavy atom. The molecule has 2 aromatic rings. The summed E-state index contributed by atoms with van der Waals surface area (Å²) in [6.07, 6.45) is -3.23. The number of carbonyl (C=O) groups is 1. The molecule has 1 heterocycles. The van der Waals surface area contributed by atoms with Gasteiger partial charge >= 0.3 is 6.18 Å². The average Bonchev–Trinajstić information content (AvgIpc) is 2.65. The van der Waals surface area contributed by atoms with Gasteiger partial charge in [-0.05, 0) is 44.2 Å². The maximum absolute atomic E-state index is 12.5. The van der Waals surface area contributed by atoms with E-state index in [1.807, 2.05) is 31.3 Å². The van der Waals surface area contributed by atoms with Gasteiger partial charge in [-0.1, -0.05) is 24.3 Å². The molecule has 0 unspecified atom stereocenters. The molecule has 152 valence electrons. The van der Waals surface area contributed by atoms with Crippen LogP contribution in [0.3, 0.4) is 0 Å². The highest BCUT2D eigenvalue weighted by Crippen LogP contribution is 2.20. The zero-order valence-electron chi connectivity index (χ0n) is 16.1. The number of rotatable bonds is 8. The molecule has 2 rings (SSSR count). The Morgan fingerprint density at radius 1 is 1.18 bits per heavy atom. The van der Waals surface area contributed by atoms with Crippen molar-refractivity contribution in [3.05, 3.63) is 59.3 Å². The molecule has 0 atom stereocenters. The standard InChI is InChI=1S/C20H24F3N3O2/c1-14(2)26(3)12-16-8-5-4-7-15(16)11-25-18(27)17-9-6-10-24-19(17)28-13-20(21,22)23/h4-10,14H,11-13H2,1-3H3,(H,25,27). The third-order valence-electron chi connectivity index (χ3n) is 4.25. The molecule has 5 nitrogen and oxygen atoms in total. The Kier molecular flexibility index (Phi) is 7.39. The first kappa shape index (κ1) is 21.7. The number of nitrogens with zero attached hydrogens (tertiary/aromatic N) is 2. The first-order valence-corrected chi connectivity index (χ1v) is 8.87. The number of nitrogens with one attached hydrogen (secondary N) is 1. The molecule has 0 radical (unpaired) electrons. The molecule has 0 aliphatic rings. The Hall–Kier alpha value is -2.61. The molecule has 0 bridgehead atoms. The monoisotopic (exact) mass is 395 g/mol. The quantitative estimate of drug-likeness (QED) is 0.739. The molecule has 0 spiro atoms. The van der Waals surface area contributed by atoms with E-state index < -0.39 is 18.7 Å². The van der Waals surface area contributed by atoms with E-state index in [4.69, 9.17) is 0 Å². The maximum Gasteiger partial charge on any atom is 0.422 e. The second-order valence-corrected chi connectivity index (χ2v) is 6.72. The number of aromatic nitrogens is 1. The van der Waals surface area contributed by atoms with E-state index in [9.17, 15) is 18.0 Å². The number of carbonyl (C=O) groups excluding carboxylic acids is 1. The zero-order chi connectivity index (χ0) is 20.7. The molecule has 28 heavy (non-hydrogen) atoms. The lowest BCUT2D eigenvalue weighted by Gasteiger charge is -2.22. The summed E-state index contributed by atoms with van der Waals surface area (Å²) < 4.78 is 41.8. The molecule has 8 heteroatoms. The van der Waals surface area contributed by atoms with Crippen molar-refractivity contribution in [3.63, 3.8) is 0 Å². The predicted molar refractivity (Wildman–Crippen MR) is 100 cm³/mol. The Bertz CT molecular complexity index is 794. The van der Waals surface area contributed by atoms with Crippen LogP contribution in [0.25, 0.3) is 0 Å². The van der Waals surface area contributed by atoms with Crippen LogP contribution in [-0.4, -0.2) is 41.7 Å². The summed E-state index contributed by atoms with van der Waals surface area (Å²) >= 11 is 0. The molecule has 0 aliphatic heterocycles. The smallest absolute Gasteiger partial charge is 0.422 e. The van der Waals surface area contributed by atoms with E-state index in [-0.39, 0.29) is 18.0 Å². The van der Waals surface area contributed by atoms with Gasteiger partial charge in [0.2, 0.25) is 5.88 Å². The Balaban J connectivity index is 2.07. The molecule has 0 saturated carbocycles. The van der Waals surface area contributed by atoms with Crippen LogP contribution in [0.5, 0.6) is 5.88 Å². The minimum absolute atomic E-state index is 0.0384. The molecular formula is C20H24F3N3O2. The van der Waals surface area contributed by atoms with Crippen molar-refractivity contribution in [3.8, 4) is 5.88 Å². The van der Waals surface area contributed by atoms with Crippen LogP contribution < -0.4 is 10.1 Å². The summed E-state index contributed by atoms with van der Waals surface area (Å²) in [6.45, 7) is 3.64. The Morgan fingerprint density at radius 3 is 2.50 bits per heavy atom. The highest BCUT2D eigenvalue weighted by Gasteiger charge is 2.29. The fourth-order valence-corrected chi connectivity index (χ4v) is 2.44. The summed E-state index contributed by atoms with van der Waals surface area (Å²) in [5, 5.41) is 2.74. The van der Waals surface area contributed by atoms with Crippen molar-refractivity contribution >= 4 is 5.91 Å². The molecule has 0 saturated heterocycles. The van der Waals surface area contributed by atoms with E-state index >= 15 is 0 Å². The SMILES string of the molecule is CC(C)N(C)Cc1ccccc1CNC(=O)c1cccnc1OCC(F)(F)F. The summed E-state index contributed by atoms with van der Waals surface area (Å²) in [7, 11) is 2.01. The van der Waals surface area contributed by atoms with Gasteiger partial charge in [-0.3, -0.25) is 9.69 Å². The molecule has 1 amide bonds. The summed E-state index contributed by atoms with van der Waals surface area (Å²) in [5.74, 6) is -0.887. The van der Waals surface area contributed by atoms with E-state index in [1.54, 1.807) is 0 Å². The van der Waals surface area contributed by atoms with Gasteiger partial charge in [0.25, 0.3) is 5.91 Å². The summed E-state index contributed by atoms with van der Waals surface area (Å²) in [4.78, 5) is 18.4. The van der Waals surface area contributed by atoms with Gasteiger partial charge in [0.15, 0.2) is 6.61 Å². The van der Waals surface area contributed by atoms with Gasteiger partial charge in [-0.15, -0.1) is 0 Å². The first-order valence-electron chi connectivity index (χ1n) is 8.87. The average molecular weight is 395 g/mol.